The van der Waals surface area contributed by atoms with E-state index in [1.165, 1.54) is 25.3 Å². The second-order valence-corrected chi connectivity index (χ2v) is 7.84. The minimum absolute atomic E-state index is 0.0123. The van der Waals surface area contributed by atoms with Gasteiger partial charge < -0.3 is 4.74 Å². The van der Waals surface area contributed by atoms with E-state index in [1.807, 2.05) is 13.8 Å². The maximum Gasteiger partial charge on any atom is 0.328 e. The molecule has 0 aliphatic rings. The van der Waals surface area contributed by atoms with Crippen molar-refractivity contribution in [3.05, 3.63) is 54.6 Å². The predicted molar refractivity (Wildman–Crippen MR) is 92.0 cm³/mol. The summed E-state index contributed by atoms with van der Waals surface area (Å²) in [5, 5.41) is 0. The molecule has 1 aromatic rings. The van der Waals surface area contributed by atoms with Crippen LogP contribution >= 0.6 is 0 Å². The van der Waals surface area contributed by atoms with Gasteiger partial charge in [-0.15, -0.1) is 6.58 Å². The lowest BCUT2D eigenvalue weighted by Gasteiger charge is -2.30. The maximum absolute atomic E-state index is 13.2. The fraction of sp³-hybridized carbons (Fsp3) is 0.389. The minimum atomic E-state index is -3.96. The first-order valence-corrected chi connectivity index (χ1v) is 8.90. The molecule has 1 atom stereocenters. The van der Waals surface area contributed by atoms with Crippen LogP contribution in [-0.4, -0.2) is 26.2 Å². The second kappa shape index (κ2) is 7.59. The maximum atomic E-state index is 13.2. The number of ether oxygens (including phenoxy) is 1. The van der Waals surface area contributed by atoms with Gasteiger partial charge in [-0.25, -0.2) is 8.42 Å². The van der Waals surface area contributed by atoms with Gasteiger partial charge in [0.1, 0.15) is 0 Å². The van der Waals surface area contributed by atoms with Gasteiger partial charge in [0.2, 0.25) is 0 Å². The molecule has 0 amide bonds. The van der Waals surface area contributed by atoms with Gasteiger partial charge in [0.15, 0.2) is 14.6 Å². The van der Waals surface area contributed by atoms with Crippen molar-refractivity contribution < 1.29 is 17.9 Å². The van der Waals surface area contributed by atoms with Crippen LogP contribution in [0.1, 0.15) is 31.7 Å². The molecule has 23 heavy (non-hydrogen) atoms. The van der Waals surface area contributed by atoms with Crippen molar-refractivity contribution in [2.75, 3.05) is 7.11 Å². The molecular weight excluding hydrogens is 312 g/mol. The fourth-order valence-corrected chi connectivity index (χ4v) is 4.41. The Bertz CT molecular complexity index is 686. The third-order valence-corrected chi connectivity index (χ3v) is 6.31. The Morgan fingerprint density at radius 1 is 1.30 bits per heavy atom. The Morgan fingerprint density at radius 3 is 2.30 bits per heavy atom. The number of carbonyl (C=O) groups excluding carboxylic acids is 1. The number of hydrogen-bond donors (Lipinski definition) is 0. The van der Waals surface area contributed by atoms with Crippen LogP contribution in [0.2, 0.25) is 0 Å². The van der Waals surface area contributed by atoms with E-state index in [0.717, 1.165) is 5.56 Å². The molecule has 1 aromatic carbocycles. The van der Waals surface area contributed by atoms with Crippen molar-refractivity contribution in [2.45, 2.75) is 42.8 Å². The first-order valence-electron chi connectivity index (χ1n) is 7.42. The summed E-state index contributed by atoms with van der Waals surface area (Å²) < 4.78 is 29.5. The van der Waals surface area contributed by atoms with Gasteiger partial charge >= 0.3 is 5.97 Å². The molecule has 5 heteroatoms. The molecule has 0 heterocycles. The molecule has 126 valence electrons. The molecule has 0 N–H and O–H groups in total. The summed E-state index contributed by atoms with van der Waals surface area (Å²) in [6, 6.07) is 6.44. The van der Waals surface area contributed by atoms with Crippen LogP contribution in [0.4, 0.5) is 0 Å². The van der Waals surface area contributed by atoms with Gasteiger partial charge in [0.05, 0.1) is 12.0 Å². The monoisotopic (exact) mass is 336 g/mol. The third kappa shape index (κ3) is 3.72. The van der Waals surface area contributed by atoms with Crippen LogP contribution < -0.4 is 0 Å². The molecule has 0 saturated heterocycles. The number of carbonyl (C=O) groups is 1. The van der Waals surface area contributed by atoms with Crippen molar-refractivity contribution in [1.82, 2.24) is 0 Å². The zero-order chi connectivity index (χ0) is 17.7. The molecule has 0 spiro atoms. The predicted octanol–water partition coefficient (Wildman–Crippen LogP) is 3.61. The normalized spacial score (nSPS) is 13.9. The van der Waals surface area contributed by atoms with E-state index in [1.54, 1.807) is 12.1 Å². The van der Waals surface area contributed by atoms with E-state index < -0.39 is 20.6 Å². The summed E-state index contributed by atoms with van der Waals surface area (Å²) in [6.45, 7) is 11.2. The average molecular weight is 336 g/mol. The molecular formula is C18H24O4S. The summed E-state index contributed by atoms with van der Waals surface area (Å²) in [7, 11) is -2.77. The quantitative estimate of drug-likeness (QED) is 0.537. The lowest BCUT2D eigenvalue weighted by Crippen LogP contribution is -2.47. The number of allylic oxidation sites excluding steroid dienone is 2. The summed E-state index contributed by atoms with van der Waals surface area (Å²) in [4.78, 5) is 12.6. The molecule has 0 aliphatic heterocycles. The lowest BCUT2D eigenvalue weighted by molar-refractivity contribution is -0.143. The molecule has 0 aliphatic carbocycles. The summed E-state index contributed by atoms with van der Waals surface area (Å²) in [5.41, 5.74) is 1.61. The average Bonchev–Trinajstić information content (AvgIpc) is 2.53. The number of benzene rings is 1. The fourth-order valence-electron chi connectivity index (χ4n) is 2.43. The second-order valence-electron chi connectivity index (χ2n) is 5.58. The van der Waals surface area contributed by atoms with Crippen LogP contribution in [0.15, 0.2) is 54.0 Å². The first-order chi connectivity index (χ1) is 10.7. The van der Waals surface area contributed by atoms with Gasteiger partial charge in [-0.05, 0) is 38.3 Å². The van der Waals surface area contributed by atoms with E-state index >= 15 is 0 Å². The van der Waals surface area contributed by atoms with Crippen LogP contribution in [-0.2, 0) is 19.4 Å². The Balaban J connectivity index is 3.58. The largest absolute Gasteiger partial charge is 0.468 e. The highest BCUT2D eigenvalue weighted by atomic mass is 32.2. The lowest BCUT2D eigenvalue weighted by atomic mass is 9.94. The van der Waals surface area contributed by atoms with Gasteiger partial charge in [-0.2, -0.15) is 0 Å². The number of sulfone groups is 1. The summed E-state index contributed by atoms with van der Waals surface area (Å²) in [5.74, 6) is -0.785. The standard InChI is InChI=1S/C18H24O4S/c1-6-12-18(17(19)22-5,13-14(3)7-2)23(20,21)16-10-8-15(4)9-11-16/h6,8-11H,1,3,7,12-13H2,2,4-5H3. The highest BCUT2D eigenvalue weighted by molar-refractivity contribution is 7.93. The van der Waals surface area contributed by atoms with Crippen molar-refractivity contribution in [2.24, 2.45) is 0 Å². The highest BCUT2D eigenvalue weighted by Crippen LogP contribution is 2.37. The Kier molecular flexibility index (Phi) is 6.33. The zero-order valence-corrected chi connectivity index (χ0v) is 14.8. The molecule has 0 saturated carbocycles. The zero-order valence-electron chi connectivity index (χ0n) is 14.0. The number of hydrogen-bond acceptors (Lipinski definition) is 4. The Labute approximate surface area is 138 Å². The topological polar surface area (TPSA) is 60.4 Å². The van der Waals surface area contributed by atoms with Gasteiger partial charge in [-0.3, -0.25) is 4.79 Å². The first kappa shape index (κ1) is 19.2. The van der Waals surface area contributed by atoms with Crippen molar-refractivity contribution >= 4 is 15.8 Å². The number of esters is 1. The van der Waals surface area contributed by atoms with E-state index in [-0.39, 0.29) is 17.7 Å². The number of rotatable bonds is 8. The van der Waals surface area contributed by atoms with E-state index in [4.69, 9.17) is 4.74 Å². The molecule has 0 bridgehead atoms. The van der Waals surface area contributed by atoms with Crippen LogP contribution in [0.25, 0.3) is 0 Å². The minimum Gasteiger partial charge on any atom is -0.468 e. The highest BCUT2D eigenvalue weighted by Gasteiger charge is 2.51. The van der Waals surface area contributed by atoms with Crippen LogP contribution in [0, 0.1) is 6.92 Å². The van der Waals surface area contributed by atoms with Crippen LogP contribution in [0.3, 0.4) is 0 Å². The molecule has 4 nitrogen and oxygen atoms in total. The summed E-state index contributed by atoms with van der Waals surface area (Å²) in [6.07, 6.45) is 2.00. The Hall–Kier alpha value is -1.88. The summed E-state index contributed by atoms with van der Waals surface area (Å²) >= 11 is 0. The smallest absolute Gasteiger partial charge is 0.328 e. The molecule has 1 unspecified atom stereocenters. The molecule has 0 aromatic heterocycles. The van der Waals surface area contributed by atoms with Gasteiger partial charge in [-0.1, -0.05) is 42.8 Å². The molecule has 0 fully saturated rings. The van der Waals surface area contributed by atoms with E-state index in [9.17, 15) is 13.2 Å². The van der Waals surface area contributed by atoms with E-state index in [2.05, 4.69) is 13.2 Å². The van der Waals surface area contributed by atoms with Crippen molar-refractivity contribution in [1.29, 1.82) is 0 Å². The number of methoxy groups -OCH3 is 1. The van der Waals surface area contributed by atoms with Crippen molar-refractivity contribution in [3.8, 4) is 0 Å². The SMILES string of the molecule is C=CCC(CC(=C)CC)(C(=O)OC)S(=O)(=O)c1ccc(C)cc1. The van der Waals surface area contributed by atoms with Gasteiger partial charge in [0.25, 0.3) is 0 Å². The molecule has 1 rings (SSSR count). The third-order valence-electron chi connectivity index (χ3n) is 3.91. The molecule has 0 radical (unpaired) electrons. The van der Waals surface area contributed by atoms with Crippen molar-refractivity contribution in [3.63, 3.8) is 0 Å². The van der Waals surface area contributed by atoms with Gasteiger partial charge in [0, 0.05) is 0 Å². The number of aryl methyl sites for hydroxylation is 1. The van der Waals surface area contributed by atoms with Crippen LogP contribution in [0.5, 0.6) is 0 Å². The Morgan fingerprint density at radius 2 is 1.87 bits per heavy atom. The van der Waals surface area contributed by atoms with E-state index in [0.29, 0.717) is 12.0 Å².